The lowest BCUT2D eigenvalue weighted by Gasteiger charge is -2.17. The van der Waals surface area contributed by atoms with Crippen LogP contribution in [0, 0.1) is 17.6 Å². The first kappa shape index (κ1) is 18.2. The molecule has 2 unspecified atom stereocenters. The average molecular weight is 382 g/mol. The SMILES string of the molecule is CCCS(=O)(=O)Nc1cc(F)cc(C(=O)C2=CNC3N=NC=CC23)c1F. The highest BCUT2D eigenvalue weighted by atomic mass is 32.2. The summed E-state index contributed by atoms with van der Waals surface area (Å²) in [4.78, 5) is 12.7. The largest absolute Gasteiger partial charge is 0.367 e. The van der Waals surface area contributed by atoms with Gasteiger partial charge in [-0.05, 0) is 12.5 Å². The predicted molar refractivity (Wildman–Crippen MR) is 90.9 cm³/mol. The number of Topliss-reactive ketones (excluding diaryl/α,β-unsaturated/α-hetero) is 1. The Morgan fingerprint density at radius 1 is 1.35 bits per heavy atom. The molecule has 2 N–H and O–H groups in total. The van der Waals surface area contributed by atoms with Gasteiger partial charge in [0.25, 0.3) is 0 Å². The Kier molecular flexibility index (Phi) is 4.86. The van der Waals surface area contributed by atoms with Crippen LogP contribution in [0.3, 0.4) is 0 Å². The normalized spacial score (nSPS) is 21.1. The number of hydrogen-bond acceptors (Lipinski definition) is 6. The Hall–Kier alpha value is -2.62. The Balaban J connectivity index is 1.94. The molecule has 138 valence electrons. The highest BCUT2D eigenvalue weighted by molar-refractivity contribution is 7.92. The van der Waals surface area contributed by atoms with E-state index in [0.717, 1.165) is 6.07 Å². The average Bonchev–Trinajstić information content (AvgIpc) is 3.01. The highest BCUT2D eigenvalue weighted by Gasteiger charge is 2.35. The standard InChI is InChI=1S/C16H16F2N4O3S/c1-2-5-26(24,25)22-13-7-9(17)6-11(14(13)18)15(23)12-8-19-16-10(12)3-4-20-21-16/h3-4,6-8,10,16,19,22H,2,5H2,1H3. The molecule has 0 bridgehead atoms. The van der Waals surface area contributed by atoms with Gasteiger partial charge in [-0.2, -0.15) is 10.2 Å². The monoisotopic (exact) mass is 382 g/mol. The molecule has 0 fully saturated rings. The number of carbonyl (C=O) groups excluding carboxylic acids is 1. The number of anilines is 1. The van der Waals surface area contributed by atoms with Gasteiger partial charge in [0.15, 0.2) is 11.6 Å². The van der Waals surface area contributed by atoms with Gasteiger partial charge in [0, 0.05) is 24.0 Å². The van der Waals surface area contributed by atoms with Crippen molar-refractivity contribution in [1.29, 1.82) is 0 Å². The molecule has 0 aromatic heterocycles. The molecule has 1 aromatic rings. The van der Waals surface area contributed by atoms with Crippen LogP contribution in [0.1, 0.15) is 23.7 Å². The minimum atomic E-state index is -3.84. The van der Waals surface area contributed by atoms with Crippen LogP contribution in [0.4, 0.5) is 14.5 Å². The van der Waals surface area contributed by atoms with Crippen LogP contribution in [-0.4, -0.2) is 26.1 Å². The van der Waals surface area contributed by atoms with Crippen molar-refractivity contribution in [3.8, 4) is 0 Å². The van der Waals surface area contributed by atoms with Crippen LogP contribution in [0.2, 0.25) is 0 Å². The number of carbonyl (C=O) groups is 1. The van der Waals surface area contributed by atoms with Crippen molar-refractivity contribution in [2.24, 2.45) is 16.1 Å². The van der Waals surface area contributed by atoms with Crippen LogP contribution < -0.4 is 10.0 Å². The van der Waals surface area contributed by atoms with Gasteiger partial charge in [-0.1, -0.05) is 13.0 Å². The number of hydrogen-bond donors (Lipinski definition) is 2. The lowest BCUT2D eigenvalue weighted by atomic mass is 9.92. The molecular formula is C16H16F2N4O3S. The molecule has 0 saturated carbocycles. The third-order valence-corrected chi connectivity index (χ3v) is 5.42. The van der Waals surface area contributed by atoms with Crippen molar-refractivity contribution in [2.75, 3.05) is 10.5 Å². The summed E-state index contributed by atoms with van der Waals surface area (Å²) in [5.41, 5.74) is -0.954. The Bertz CT molecular complexity index is 941. The molecule has 3 rings (SSSR count). The van der Waals surface area contributed by atoms with E-state index in [9.17, 15) is 22.0 Å². The second-order valence-electron chi connectivity index (χ2n) is 5.87. The second kappa shape index (κ2) is 6.94. The predicted octanol–water partition coefficient (Wildman–Crippen LogP) is 2.71. The lowest BCUT2D eigenvalue weighted by Crippen LogP contribution is -2.26. The lowest BCUT2D eigenvalue weighted by molar-refractivity contribution is 0.102. The Morgan fingerprint density at radius 3 is 2.85 bits per heavy atom. The van der Waals surface area contributed by atoms with E-state index in [2.05, 4.69) is 15.5 Å². The fourth-order valence-electron chi connectivity index (χ4n) is 2.79. The van der Waals surface area contributed by atoms with Gasteiger partial charge < -0.3 is 5.32 Å². The molecule has 0 spiro atoms. The first-order valence-corrected chi connectivity index (χ1v) is 9.54. The summed E-state index contributed by atoms with van der Waals surface area (Å²) in [7, 11) is -3.84. The third kappa shape index (κ3) is 3.50. The number of nitrogens with one attached hydrogen (secondary N) is 2. The summed E-state index contributed by atoms with van der Waals surface area (Å²) < 4.78 is 54.3. The van der Waals surface area contributed by atoms with Crippen LogP contribution in [0.15, 0.2) is 46.4 Å². The van der Waals surface area contributed by atoms with Crippen molar-refractivity contribution in [3.05, 3.63) is 53.4 Å². The number of ketones is 1. The molecule has 2 aliphatic rings. The summed E-state index contributed by atoms with van der Waals surface area (Å²) in [6, 6.07) is 1.45. The zero-order valence-electron chi connectivity index (χ0n) is 13.7. The van der Waals surface area contributed by atoms with Gasteiger partial charge in [0.1, 0.15) is 12.0 Å². The molecule has 10 heteroatoms. The van der Waals surface area contributed by atoms with Gasteiger partial charge in [0.2, 0.25) is 10.0 Å². The van der Waals surface area contributed by atoms with Crippen molar-refractivity contribution >= 4 is 21.5 Å². The zero-order chi connectivity index (χ0) is 18.9. The molecule has 2 aliphatic heterocycles. The summed E-state index contributed by atoms with van der Waals surface area (Å²) in [5.74, 6) is -3.50. The number of halogens is 2. The van der Waals surface area contributed by atoms with Crippen LogP contribution in [0.25, 0.3) is 0 Å². The van der Waals surface area contributed by atoms with E-state index in [-0.39, 0.29) is 11.3 Å². The van der Waals surface area contributed by atoms with Gasteiger partial charge >= 0.3 is 0 Å². The molecular weight excluding hydrogens is 366 g/mol. The molecule has 1 aromatic carbocycles. The number of nitrogens with zero attached hydrogens (tertiary/aromatic N) is 2. The van der Waals surface area contributed by atoms with E-state index >= 15 is 0 Å². The smallest absolute Gasteiger partial charge is 0.232 e. The second-order valence-corrected chi connectivity index (χ2v) is 7.72. The van der Waals surface area contributed by atoms with E-state index in [1.807, 2.05) is 4.72 Å². The molecule has 0 radical (unpaired) electrons. The van der Waals surface area contributed by atoms with E-state index in [0.29, 0.717) is 12.5 Å². The van der Waals surface area contributed by atoms with Gasteiger partial charge in [0.05, 0.1) is 22.9 Å². The van der Waals surface area contributed by atoms with E-state index in [1.165, 1.54) is 12.4 Å². The maximum Gasteiger partial charge on any atom is 0.232 e. The minimum absolute atomic E-state index is 0.191. The van der Waals surface area contributed by atoms with Gasteiger partial charge in [-0.25, -0.2) is 17.2 Å². The molecule has 0 saturated heterocycles. The molecule has 26 heavy (non-hydrogen) atoms. The third-order valence-electron chi connectivity index (χ3n) is 3.94. The van der Waals surface area contributed by atoms with E-state index in [4.69, 9.17) is 0 Å². The first-order chi connectivity index (χ1) is 12.3. The topological polar surface area (TPSA) is 100.0 Å². The molecule has 2 heterocycles. The minimum Gasteiger partial charge on any atom is -0.367 e. The van der Waals surface area contributed by atoms with E-state index in [1.54, 1.807) is 13.0 Å². The van der Waals surface area contributed by atoms with Gasteiger partial charge in [-0.15, -0.1) is 0 Å². The number of rotatable bonds is 6. The summed E-state index contributed by atoms with van der Waals surface area (Å²) in [6.07, 6.45) is 4.27. The van der Waals surface area contributed by atoms with Crippen LogP contribution >= 0.6 is 0 Å². The number of sulfonamides is 1. The summed E-state index contributed by atoms with van der Waals surface area (Å²) in [6.45, 7) is 1.64. The Morgan fingerprint density at radius 2 is 2.12 bits per heavy atom. The maximum absolute atomic E-state index is 14.7. The number of fused-ring (bicyclic) bond motifs is 1. The van der Waals surface area contributed by atoms with Crippen LogP contribution in [0.5, 0.6) is 0 Å². The fourth-order valence-corrected chi connectivity index (χ4v) is 3.91. The van der Waals surface area contributed by atoms with Crippen molar-refractivity contribution in [1.82, 2.24) is 5.32 Å². The van der Waals surface area contributed by atoms with Crippen molar-refractivity contribution in [2.45, 2.75) is 19.5 Å². The number of azo groups is 1. The van der Waals surface area contributed by atoms with Gasteiger partial charge in [-0.3, -0.25) is 9.52 Å². The summed E-state index contributed by atoms with van der Waals surface area (Å²) >= 11 is 0. The van der Waals surface area contributed by atoms with Crippen LogP contribution in [-0.2, 0) is 10.0 Å². The first-order valence-electron chi connectivity index (χ1n) is 7.89. The molecule has 7 nitrogen and oxygen atoms in total. The number of benzene rings is 1. The molecule has 2 atom stereocenters. The van der Waals surface area contributed by atoms with Crippen molar-refractivity contribution in [3.63, 3.8) is 0 Å². The van der Waals surface area contributed by atoms with E-state index < -0.39 is 50.8 Å². The summed E-state index contributed by atoms with van der Waals surface area (Å²) in [5, 5.41) is 10.5. The maximum atomic E-state index is 14.7. The highest BCUT2D eigenvalue weighted by Crippen LogP contribution is 2.31. The van der Waals surface area contributed by atoms with Crippen molar-refractivity contribution < 1.29 is 22.0 Å². The zero-order valence-corrected chi connectivity index (χ0v) is 14.6. The quantitative estimate of drug-likeness (QED) is 0.739. The molecule has 0 amide bonds. The Labute approximate surface area is 148 Å². The molecule has 0 aliphatic carbocycles. The fraction of sp³-hybridized carbons (Fsp3) is 0.312.